The highest BCUT2D eigenvalue weighted by atomic mass is 35.5. The summed E-state index contributed by atoms with van der Waals surface area (Å²) in [5, 5.41) is 26.1. The second kappa shape index (κ2) is 9.13. The smallest absolute Gasteiger partial charge is 0.269 e. The number of nitro benzene ring substituents is 1. The van der Waals surface area contributed by atoms with Crippen molar-refractivity contribution >= 4 is 34.1 Å². The van der Waals surface area contributed by atoms with Crippen molar-refractivity contribution in [2.45, 2.75) is 6.04 Å². The number of halogens is 1. The van der Waals surface area contributed by atoms with Gasteiger partial charge in [-0.15, -0.1) is 0 Å². The molecule has 0 fully saturated rings. The van der Waals surface area contributed by atoms with Crippen molar-refractivity contribution < 1.29 is 19.6 Å². The van der Waals surface area contributed by atoms with Gasteiger partial charge in [-0.25, -0.2) is 0 Å². The molecule has 0 saturated heterocycles. The number of fused-ring (bicyclic) bond motifs is 1. The maximum absolute atomic E-state index is 13.1. The number of benzene rings is 3. The van der Waals surface area contributed by atoms with Crippen LogP contribution in [0.15, 0.2) is 72.9 Å². The molecule has 0 bridgehead atoms. The van der Waals surface area contributed by atoms with Crippen molar-refractivity contribution in [3.8, 4) is 11.5 Å². The molecule has 1 heterocycles. The summed E-state index contributed by atoms with van der Waals surface area (Å²) in [6.45, 7) is 0. The van der Waals surface area contributed by atoms with E-state index in [0.717, 1.165) is 0 Å². The second-order valence-electron chi connectivity index (χ2n) is 7.18. The first kappa shape index (κ1) is 22.0. The summed E-state index contributed by atoms with van der Waals surface area (Å²) in [6.07, 6.45) is 1.51. The minimum atomic E-state index is -0.941. The highest BCUT2D eigenvalue weighted by Gasteiger charge is 2.25. The molecule has 1 atom stereocenters. The molecule has 9 heteroatoms. The number of pyridine rings is 1. The zero-order chi connectivity index (χ0) is 23.5. The first-order valence-electron chi connectivity index (χ1n) is 9.84. The van der Waals surface area contributed by atoms with Crippen molar-refractivity contribution in [3.63, 3.8) is 0 Å². The average molecular weight is 464 g/mol. The molecule has 2 N–H and O–H groups in total. The van der Waals surface area contributed by atoms with Gasteiger partial charge in [0, 0.05) is 34.8 Å². The van der Waals surface area contributed by atoms with E-state index in [9.17, 15) is 20.0 Å². The van der Waals surface area contributed by atoms with Crippen molar-refractivity contribution in [1.29, 1.82) is 0 Å². The summed E-state index contributed by atoms with van der Waals surface area (Å²) in [4.78, 5) is 28.1. The molecule has 0 spiro atoms. The van der Waals surface area contributed by atoms with Crippen LogP contribution in [0.5, 0.6) is 11.5 Å². The summed E-state index contributed by atoms with van der Waals surface area (Å²) < 4.78 is 5.12. The Bertz CT molecular complexity index is 1360. The van der Waals surface area contributed by atoms with E-state index in [1.807, 2.05) is 0 Å². The van der Waals surface area contributed by atoms with Gasteiger partial charge in [0.2, 0.25) is 0 Å². The average Bonchev–Trinajstić information content (AvgIpc) is 2.85. The lowest BCUT2D eigenvalue weighted by molar-refractivity contribution is -0.384. The van der Waals surface area contributed by atoms with Crippen LogP contribution in [0.1, 0.15) is 27.5 Å². The van der Waals surface area contributed by atoms with Crippen LogP contribution in [0.4, 0.5) is 5.69 Å². The van der Waals surface area contributed by atoms with Crippen molar-refractivity contribution in [2.24, 2.45) is 0 Å². The Balaban J connectivity index is 1.84. The molecule has 0 aliphatic rings. The van der Waals surface area contributed by atoms with Crippen LogP contribution in [0.3, 0.4) is 0 Å². The lowest BCUT2D eigenvalue weighted by Crippen LogP contribution is -2.29. The summed E-state index contributed by atoms with van der Waals surface area (Å²) in [7, 11) is 1.52. The van der Waals surface area contributed by atoms with Gasteiger partial charge in [0.1, 0.15) is 17.0 Å². The molecule has 4 aromatic rings. The van der Waals surface area contributed by atoms with Gasteiger partial charge in [-0.2, -0.15) is 0 Å². The predicted molar refractivity (Wildman–Crippen MR) is 124 cm³/mol. The number of methoxy groups -OCH3 is 1. The SMILES string of the molecule is COc1ccc(C(=O)N[C@H](c2cccc([N+](=O)[O-])c2)c2cc(Cl)c3cccnc3c2O)cc1. The normalized spacial score (nSPS) is 11.7. The molecule has 33 heavy (non-hydrogen) atoms. The zero-order valence-electron chi connectivity index (χ0n) is 17.4. The number of phenolic OH excluding ortho intramolecular Hbond substituents is 1. The molecule has 8 nitrogen and oxygen atoms in total. The third kappa shape index (κ3) is 4.42. The van der Waals surface area contributed by atoms with Crippen LogP contribution in [-0.4, -0.2) is 28.0 Å². The van der Waals surface area contributed by atoms with Gasteiger partial charge in [-0.1, -0.05) is 23.7 Å². The molecule has 1 aromatic heterocycles. The lowest BCUT2D eigenvalue weighted by Gasteiger charge is -2.22. The zero-order valence-corrected chi connectivity index (χ0v) is 18.1. The van der Waals surface area contributed by atoms with Crippen LogP contribution < -0.4 is 10.1 Å². The van der Waals surface area contributed by atoms with Gasteiger partial charge in [-0.3, -0.25) is 19.9 Å². The van der Waals surface area contributed by atoms with Crippen molar-refractivity contribution in [1.82, 2.24) is 10.3 Å². The lowest BCUT2D eigenvalue weighted by atomic mass is 9.95. The number of carbonyl (C=O) groups is 1. The summed E-state index contributed by atoms with van der Waals surface area (Å²) >= 11 is 6.45. The second-order valence-corrected chi connectivity index (χ2v) is 7.59. The topological polar surface area (TPSA) is 115 Å². The Labute approximate surface area is 193 Å². The van der Waals surface area contributed by atoms with Gasteiger partial charge < -0.3 is 15.2 Å². The number of aromatic hydroxyl groups is 1. The molecule has 0 radical (unpaired) electrons. The highest BCUT2D eigenvalue weighted by molar-refractivity contribution is 6.35. The molecule has 3 aromatic carbocycles. The predicted octanol–water partition coefficient (Wildman–Crippen LogP) is 5.03. The Hall–Kier alpha value is -4.17. The summed E-state index contributed by atoms with van der Waals surface area (Å²) in [5.74, 6) is -0.0425. The van der Waals surface area contributed by atoms with E-state index in [2.05, 4.69) is 10.3 Å². The molecular formula is C24H18ClN3O5. The van der Waals surface area contributed by atoms with Gasteiger partial charge in [0.25, 0.3) is 11.6 Å². The molecular weight excluding hydrogens is 446 g/mol. The monoisotopic (exact) mass is 463 g/mol. The maximum Gasteiger partial charge on any atom is 0.269 e. The summed E-state index contributed by atoms with van der Waals surface area (Å²) in [6, 6.07) is 16.3. The number of nitro groups is 1. The molecule has 0 aliphatic heterocycles. The number of ether oxygens (including phenoxy) is 1. The van der Waals surface area contributed by atoms with E-state index in [1.165, 1.54) is 37.6 Å². The minimum Gasteiger partial charge on any atom is -0.505 e. The van der Waals surface area contributed by atoms with Crippen molar-refractivity contribution in [3.05, 3.63) is 105 Å². The van der Waals surface area contributed by atoms with Crippen LogP contribution >= 0.6 is 11.6 Å². The number of aromatic nitrogens is 1. The molecule has 0 saturated carbocycles. The number of amides is 1. The number of non-ortho nitro benzene ring substituents is 1. The maximum atomic E-state index is 13.1. The van der Waals surface area contributed by atoms with E-state index in [0.29, 0.717) is 27.3 Å². The summed E-state index contributed by atoms with van der Waals surface area (Å²) in [5.41, 5.74) is 1.10. The van der Waals surface area contributed by atoms with Gasteiger partial charge in [-0.05, 0) is 48.0 Å². The first-order valence-corrected chi connectivity index (χ1v) is 10.2. The molecule has 1 amide bonds. The van der Waals surface area contributed by atoms with Crippen LogP contribution in [0, 0.1) is 10.1 Å². The van der Waals surface area contributed by atoms with E-state index < -0.39 is 16.9 Å². The fourth-order valence-corrected chi connectivity index (χ4v) is 3.81. The fourth-order valence-electron chi connectivity index (χ4n) is 3.54. The number of nitrogens with one attached hydrogen (secondary N) is 1. The van der Waals surface area contributed by atoms with Crippen LogP contribution in [0.2, 0.25) is 5.02 Å². The van der Waals surface area contributed by atoms with E-state index in [1.54, 1.807) is 42.5 Å². The fraction of sp³-hybridized carbons (Fsp3) is 0.0833. The first-order chi connectivity index (χ1) is 15.9. The molecule has 0 unspecified atom stereocenters. The minimum absolute atomic E-state index is 0.152. The molecule has 0 aliphatic carbocycles. The van der Waals surface area contributed by atoms with Gasteiger partial charge in [0.05, 0.1) is 23.1 Å². The van der Waals surface area contributed by atoms with Crippen LogP contribution in [-0.2, 0) is 0 Å². The largest absolute Gasteiger partial charge is 0.505 e. The Morgan fingerprint density at radius 2 is 1.91 bits per heavy atom. The van der Waals surface area contributed by atoms with Gasteiger partial charge >= 0.3 is 0 Å². The number of hydrogen-bond acceptors (Lipinski definition) is 6. The highest BCUT2D eigenvalue weighted by Crippen LogP contribution is 2.39. The number of nitrogens with zero attached hydrogens (tertiary/aromatic N) is 2. The van der Waals surface area contributed by atoms with E-state index in [-0.39, 0.29) is 22.5 Å². The molecule has 166 valence electrons. The number of hydrogen-bond donors (Lipinski definition) is 2. The van der Waals surface area contributed by atoms with E-state index >= 15 is 0 Å². The third-order valence-electron chi connectivity index (χ3n) is 5.20. The van der Waals surface area contributed by atoms with Gasteiger partial charge in [0.15, 0.2) is 0 Å². The Morgan fingerprint density at radius 1 is 1.15 bits per heavy atom. The quantitative estimate of drug-likeness (QED) is 0.306. The Morgan fingerprint density at radius 3 is 2.61 bits per heavy atom. The Kier molecular flexibility index (Phi) is 6.10. The number of carbonyl (C=O) groups excluding carboxylic acids is 1. The number of rotatable bonds is 6. The van der Waals surface area contributed by atoms with Crippen molar-refractivity contribution in [2.75, 3.05) is 7.11 Å². The van der Waals surface area contributed by atoms with E-state index in [4.69, 9.17) is 16.3 Å². The molecule has 4 rings (SSSR count). The number of phenols is 1. The third-order valence-corrected chi connectivity index (χ3v) is 5.51. The van der Waals surface area contributed by atoms with Crippen LogP contribution in [0.25, 0.3) is 10.9 Å². The standard InChI is InChI=1S/C24H18ClN3O5/c1-33-17-9-7-14(8-10-17)24(30)27-21(15-4-2-5-16(12-15)28(31)32)19-13-20(25)18-6-3-11-26-22(18)23(19)29/h2-13,21,29H,1H3,(H,27,30)/t21-/m1/s1.